The van der Waals surface area contributed by atoms with E-state index < -0.39 is 0 Å². The molecule has 1 N–H and O–H groups in total. The van der Waals surface area contributed by atoms with Gasteiger partial charge in [-0.25, -0.2) is 4.39 Å². The maximum Gasteiger partial charge on any atom is 0.233 e. The van der Waals surface area contributed by atoms with Gasteiger partial charge in [-0.2, -0.15) is 0 Å². The van der Waals surface area contributed by atoms with Crippen LogP contribution in [0, 0.1) is 23.6 Å². The first-order chi connectivity index (χ1) is 12.9. The zero-order valence-electron chi connectivity index (χ0n) is 15.9. The number of nitrogens with one attached hydrogen (secondary N) is 1. The third kappa shape index (κ3) is 4.20. The third-order valence-corrected chi connectivity index (χ3v) is 5.71. The number of nitrogens with zero attached hydrogens (tertiary/aromatic N) is 1. The summed E-state index contributed by atoms with van der Waals surface area (Å²) in [5, 5.41) is 2.96. The van der Waals surface area contributed by atoms with E-state index in [1.807, 2.05) is 13.8 Å². The lowest BCUT2D eigenvalue weighted by atomic mass is 9.81. The zero-order valence-corrected chi connectivity index (χ0v) is 15.9. The molecule has 1 heterocycles. The zero-order chi connectivity index (χ0) is 19.6. The highest BCUT2D eigenvalue weighted by molar-refractivity contribution is 6.05. The second-order valence-corrected chi connectivity index (χ2v) is 7.92. The summed E-state index contributed by atoms with van der Waals surface area (Å²) in [5.74, 6) is -1.01. The fourth-order valence-corrected chi connectivity index (χ4v) is 4.22. The van der Waals surface area contributed by atoms with Gasteiger partial charge in [0.1, 0.15) is 5.82 Å². The number of hydrogen-bond donors (Lipinski definition) is 1. The summed E-state index contributed by atoms with van der Waals surface area (Å²) in [6, 6.07) is 5.84. The molecule has 2 fully saturated rings. The maximum absolute atomic E-state index is 13.1. The molecule has 1 aromatic carbocycles. The van der Waals surface area contributed by atoms with Crippen molar-refractivity contribution in [3.05, 3.63) is 35.6 Å². The Morgan fingerprint density at radius 3 is 2.19 bits per heavy atom. The molecule has 0 aromatic heterocycles. The lowest BCUT2D eigenvalue weighted by Gasteiger charge is -2.23. The van der Waals surface area contributed by atoms with E-state index in [1.165, 1.54) is 17.0 Å². The number of imide groups is 1. The molecule has 27 heavy (non-hydrogen) atoms. The highest BCUT2D eigenvalue weighted by Crippen LogP contribution is 2.38. The van der Waals surface area contributed by atoms with Gasteiger partial charge in [-0.05, 0) is 36.5 Å². The SMILES string of the molecule is CC(C)[C@@H](NC(=O)CCN1C(=O)[C@H]2CCCC[C@@H]2C1=O)c1ccc(F)cc1. The van der Waals surface area contributed by atoms with Crippen molar-refractivity contribution in [2.24, 2.45) is 17.8 Å². The van der Waals surface area contributed by atoms with Crippen LogP contribution in [0.25, 0.3) is 0 Å². The van der Waals surface area contributed by atoms with Crippen molar-refractivity contribution in [2.45, 2.75) is 52.0 Å². The Hall–Kier alpha value is -2.24. The molecule has 2 aliphatic rings. The average molecular weight is 374 g/mol. The molecule has 3 rings (SSSR count). The minimum absolute atomic E-state index is 0.0847. The number of rotatable bonds is 6. The number of amides is 3. The predicted octanol–water partition coefficient (Wildman–Crippen LogP) is 3.20. The van der Waals surface area contributed by atoms with E-state index in [1.54, 1.807) is 12.1 Å². The van der Waals surface area contributed by atoms with Gasteiger partial charge < -0.3 is 5.32 Å². The fraction of sp³-hybridized carbons (Fsp3) is 0.571. The van der Waals surface area contributed by atoms with Gasteiger partial charge in [0.2, 0.25) is 17.7 Å². The smallest absolute Gasteiger partial charge is 0.233 e. The first kappa shape index (κ1) is 19.5. The van der Waals surface area contributed by atoms with Crippen molar-refractivity contribution in [1.29, 1.82) is 0 Å². The number of carbonyl (C=O) groups is 3. The summed E-state index contributed by atoms with van der Waals surface area (Å²) in [6.45, 7) is 4.09. The fourth-order valence-electron chi connectivity index (χ4n) is 4.22. The van der Waals surface area contributed by atoms with Crippen LogP contribution in [0.4, 0.5) is 4.39 Å². The minimum atomic E-state index is -0.319. The van der Waals surface area contributed by atoms with Gasteiger partial charge in [0.15, 0.2) is 0 Å². The van der Waals surface area contributed by atoms with Crippen LogP contribution in [0.5, 0.6) is 0 Å². The summed E-state index contributed by atoms with van der Waals surface area (Å²) in [6.07, 6.45) is 3.61. The van der Waals surface area contributed by atoms with Crippen LogP contribution >= 0.6 is 0 Å². The normalized spacial score (nSPS) is 23.5. The summed E-state index contributed by atoms with van der Waals surface area (Å²) in [4.78, 5) is 38.7. The maximum atomic E-state index is 13.1. The molecule has 1 aromatic rings. The largest absolute Gasteiger partial charge is 0.349 e. The van der Waals surface area contributed by atoms with Crippen molar-refractivity contribution >= 4 is 17.7 Å². The molecule has 3 amide bonds. The van der Waals surface area contributed by atoms with Crippen LogP contribution in [0.1, 0.15) is 57.6 Å². The second kappa shape index (κ2) is 8.19. The number of hydrogen-bond acceptors (Lipinski definition) is 3. The van der Waals surface area contributed by atoms with Crippen LogP contribution in [0.2, 0.25) is 0 Å². The van der Waals surface area contributed by atoms with E-state index in [0.717, 1.165) is 31.2 Å². The Morgan fingerprint density at radius 1 is 1.11 bits per heavy atom. The van der Waals surface area contributed by atoms with Crippen molar-refractivity contribution in [1.82, 2.24) is 10.2 Å². The number of likely N-dealkylation sites (tertiary alicyclic amines) is 1. The van der Waals surface area contributed by atoms with Crippen LogP contribution in [-0.2, 0) is 14.4 Å². The van der Waals surface area contributed by atoms with Gasteiger partial charge in [-0.3, -0.25) is 19.3 Å². The Kier molecular flexibility index (Phi) is 5.92. The quantitative estimate of drug-likeness (QED) is 0.778. The molecule has 146 valence electrons. The second-order valence-electron chi connectivity index (χ2n) is 7.92. The molecule has 1 aliphatic carbocycles. The summed E-state index contributed by atoms with van der Waals surface area (Å²) < 4.78 is 13.1. The molecule has 0 unspecified atom stereocenters. The first-order valence-corrected chi connectivity index (χ1v) is 9.78. The van der Waals surface area contributed by atoms with Crippen LogP contribution in [0.3, 0.4) is 0 Å². The lowest BCUT2D eigenvalue weighted by Crippen LogP contribution is -2.37. The summed E-state index contributed by atoms with van der Waals surface area (Å²) in [5.41, 5.74) is 0.832. The van der Waals surface area contributed by atoms with E-state index in [-0.39, 0.29) is 60.3 Å². The molecule has 0 spiro atoms. The van der Waals surface area contributed by atoms with Gasteiger partial charge in [-0.1, -0.05) is 38.8 Å². The summed E-state index contributed by atoms with van der Waals surface area (Å²) >= 11 is 0. The molecule has 1 aliphatic heterocycles. The van der Waals surface area contributed by atoms with E-state index in [0.29, 0.717) is 0 Å². The Morgan fingerprint density at radius 2 is 1.67 bits per heavy atom. The summed E-state index contributed by atoms with van der Waals surface area (Å²) in [7, 11) is 0. The van der Waals surface area contributed by atoms with Gasteiger partial charge in [0, 0.05) is 13.0 Å². The molecular weight excluding hydrogens is 347 g/mol. The molecule has 1 saturated carbocycles. The number of carbonyl (C=O) groups excluding carboxylic acids is 3. The standard InChI is InChI=1S/C21H27FN2O3/c1-13(2)19(14-7-9-15(22)10-8-14)23-18(25)11-12-24-20(26)16-5-3-4-6-17(16)21(24)27/h7-10,13,16-17,19H,3-6,11-12H2,1-2H3,(H,23,25)/t16-,17-,19+/m0/s1. The van der Waals surface area contributed by atoms with Crippen molar-refractivity contribution in [3.63, 3.8) is 0 Å². The van der Waals surface area contributed by atoms with E-state index in [4.69, 9.17) is 0 Å². The Labute approximate surface area is 159 Å². The average Bonchev–Trinajstić information content (AvgIpc) is 2.90. The number of fused-ring (bicyclic) bond motifs is 1. The molecule has 0 bridgehead atoms. The Bertz CT molecular complexity index is 693. The molecule has 1 saturated heterocycles. The van der Waals surface area contributed by atoms with Crippen molar-refractivity contribution < 1.29 is 18.8 Å². The van der Waals surface area contributed by atoms with Gasteiger partial charge in [-0.15, -0.1) is 0 Å². The third-order valence-electron chi connectivity index (χ3n) is 5.71. The lowest BCUT2D eigenvalue weighted by molar-refractivity contribution is -0.140. The van der Waals surface area contributed by atoms with Gasteiger partial charge >= 0.3 is 0 Å². The topological polar surface area (TPSA) is 66.5 Å². The number of halogens is 1. The molecule has 6 heteroatoms. The highest BCUT2D eigenvalue weighted by Gasteiger charge is 2.47. The molecule has 5 nitrogen and oxygen atoms in total. The van der Waals surface area contributed by atoms with E-state index in [9.17, 15) is 18.8 Å². The van der Waals surface area contributed by atoms with E-state index in [2.05, 4.69) is 5.32 Å². The Balaban J connectivity index is 1.59. The van der Waals surface area contributed by atoms with Gasteiger partial charge in [0.05, 0.1) is 17.9 Å². The highest BCUT2D eigenvalue weighted by atomic mass is 19.1. The monoisotopic (exact) mass is 374 g/mol. The molecule has 3 atom stereocenters. The number of benzene rings is 1. The first-order valence-electron chi connectivity index (χ1n) is 9.78. The van der Waals surface area contributed by atoms with E-state index >= 15 is 0 Å². The van der Waals surface area contributed by atoms with Crippen molar-refractivity contribution in [3.8, 4) is 0 Å². The van der Waals surface area contributed by atoms with Gasteiger partial charge in [0.25, 0.3) is 0 Å². The van der Waals surface area contributed by atoms with Crippen LogP contribution < -0.4 is 5.32 Å². The van der Waals surface area contributed by atoms with Crippen molar-refractivity contribution in [2.75, 3.05) is 6.54 Å². The molecular formula is C21H27FN2O3. The van der Waals surface area contributed by atoms with Crippen LogP contribution in [-0.4, -0.2) is 29.2 Å². The minimum Gasteiger partial charge on any atom is -0.349 e. The predicted molar refractivity (Wildman–Crippen MR) is 98.9 cm³/mol. The van der Waals surface area contributed by atoms with Crippen LogP contribution in [0.15, 0.2) is 24.3 Å². The molecule has 0 radical (unpaired) electrons.